The summed E-state index contributed by atoms with van der Waals surface area (Å²) in [7, 11) is -2.61. The van der Waals surface area contributed by atoms with Crippen LogP contribution in [0.3, 0.4) is 0 Å². The average Bonchev–Trinajstić information content (AvgIpc) is 2.53. The molecule has 0 aliphatic heterocycles. The highest BCUT2D eigenvalue weighted by Crippen LogP contribution is 2.40. The van der Waals surface area contributed by atoms with Gasteiger partial charge in [-0.1, -0.05) is 31.4 Å². The smallest absolute Gasteiger partial charge is 0.118 e. The van der Waals surface area contributed by atoms with Gasteiger partial charge in [-0.05, 0) is 44.5 Å². The number of ether oxygens (including phenoxy) is 1. The van der Waals surface area contributed by atoms with Gasteiger partial charge in [0.15, 0.2) is 0 Å². The van der Waals surface area contributed by atoms with Gasteiger partial charge in [-0.15, -0.1) is 12.4 Å². The fourth-order valence-electron chi connectivity index (χ4n) is 3.05. The molecular formula is C17H28ClNO2. The fourth-order valence-corrected chi connectivity index (χ4v) is 3.05. The molecule has 120 valence electrons. The topological polar surface area (TPSA) is 32.7 Å². The molecule has 1 aromatic carbocycles. The molecule has 0 heterocycles. The van der Waals surface area contributed by atoms with Crippen molar-refractivity contribution in [3.63, 3.8) is 0 Å². The Hall–Kier alpha value is -0.770. The quantitative estimate of drug-likeness (QED) is 0.901. The maximum absolute atomic E-state index is 11.3. The van der Waals surface area contributed by atoms with Crippen molar-refractivity contribution >= 4 is 12.4 Å². The molecular weight excluding hydrogens is 286 g/mol. The monoisotopic (exact) mass is 322 g/mol. The molecule has 0 amide bonds. The van der Waals surface area contributed by atoms with Gasteiger partial charge in [-0.2, -0.15) is 0 Å². The van der Waals surface area contributed by atoms with Gasteiger partial charge >= 0.3 is 0 Å². The van der Waals surface area contributed by atoms with Gasteiger partial charge in [0.05, 0.1) is 16.8 Å². The van der Waals surface area contributed by atoms with E-state index in [1.807, 2.05) is 0 Å². The summed E-state index contributed by atoms with van der Waals surface area (Å²) in [6, 6.07) is 5.96. The Balaban J connectivity index is 0.00000450. The summed E-state index contributed by atoms with van der Waals surface area (Å²) in [6.07, 6.45) is 3.33. The zero-order valence-corrected chi connectivity index (χ0v) is 12.7. The van der Waals surface area contributed by atoms with E-state index in [2.05, 4.69) is 0 Å². The Morgan fingerprint density at radius 1 is 1.24 bits per heavy atom. The van der Waals surface area contributed by atoms with Crippen LogP contribution in [0.1, 0.15) is 55.9 Å². The normalized spacial score (nSPS) is 27.0. The minimum Gasteiger partial charge on any atom is -0.497 e. The molecule has 4 heteroatoms. The summed E-state index contributed by atoms with van der Waals surface area (Å²) in [5, 5.41) is 11.3. The van der Waals surface area contributed by atoms with E-state index in [-0.39, 0.29) is 24.7 Å². The van der Waals surface area contributed by atoms with Crippen molar-refractivity contribution in [1.82, 2.24) is 4.90 Å². The molecule has 1 fully saturated rings. The Bertz CT molecular complexity index is 654. The van der Waals surface area contributed by atoms with Gasteiger partial charge in [0.2, 0.25) is 0 Å². The lowest BCUT2D eigenvalue weighted by molar-refractivity contribution is -0.0277. The molecule has 1 aromatic rings. The van der Waals surface area contributed by atoms with Gasteiger partial charge in [0.1, 0.15) is 5.75 Å². The third-order valence-corrected chi connectivity index (χ3v) is 4.13. The molecule has 3 nitrogen and oxygen atoms in total. The largest absolute Gasteiger partial charge is 0.497 e. The lowest BCUT2D eigenvalue weighted by Crippen LogP contribution is -2.42. The van der Waals surface area contributed by atoms with Gasteiger partial charge in [-0.3, -0.25) is 0 Å². The predicted octanol–water partition coefficient (Wildman–Crippen LogP) is 3.46. The maximum atomic E-state index is 11.3. The molecule has 1 aliphatic rings. The summed E-state index contributed by atoms with van der Waals surface area (Å²) in [5.41, 5.74) is -0.717. The predicted molar refractivity (Wildman–Crippen MR) is 89.6 cm³/mol. The third-order valence-electron chi connectivity index (χ3n) is 4.13. The second-order valence-corrected chi connectivity index (χ2v) is 5.50. The van der Waals surface area contributed by atoms with Crippen LogP contribution in [0.15, 0.2) is 24.3 Å². The zero-order valence-electron chi connectivity index (χ0n) is 20.8. The fraction of sp³-hybridized carbons (Fsp3) is 0.647. The molecule has 0 unspecified atom stereocenters. The number of halogens is 1. The summed E-state index contributed by atoms with van der Waals surface area (Å²) in [5.74, 6) is -0.669. The van der Waals surface area contributed by atoms with Crippen molar-refractivity contribution in [2.24, 2.45) is 0 Å². The molecule has 1 N–H and O–H groups in total. The van der Waals surface area contributed by atoms with E-state index in [1.165, 1.54) is 12.1 Å². The van der Waals surface area contributed by atoms with Crippen LogP contribution < -0.4 is 4.74 Å². The maximum Gasteiger partial charge on any atom is 0.118 e. The van der Waals surface area contributed by atoms with E-state index in [9.17, 15) is 5.11 Å². The SMILES string of the molecule is Cl.[2H]C([2H])([2H])Oc1ccc([C@@H](CN(C([2H])([2H])[2H])C([2H])([2H])[2H])C2(O)CCCCC2)cc1. The zero-order chi connectivity index (χ0) is 22.1. The molecule has 1 atom stereocenters. The molecule has 0 radical (unpaired) electrons. The van der Waals surface area contributed by atoms with Crippen LogP contribution >= 0.6 is 12.4 Å². The first kappa shape index (κ1) is 8.76. The van der Waals surface area contributed by atoms with E-state index >= 15 is 0 Å². The number of aliphatic hydroxyl groups is 1. The minimum absolute atomic E-state index is 0. The van der Waals surface area contributed by atoms with Crippen LogP contribution in [-0.2, 0) is 0 Å². The van der Waals surface area contributed by atoms with Crippen molar-refractivity contribution in [2.75, 3.05) is 27.5 Å². The first-order chi connectivity index (χ1) is 13.1. The number of hydrogen-bond acceptors (Lipinski definition) is 3. The first-order valence-corrected chi connectivity index (χ1v) is 6.91. The number of methoxy groups -OCH3 is 1. The van der Waals surface area contributed by atoms with Gasteiger partial charge < -0.3 is 14.7 Å². The number of benzene rings is 1. The Morgan fingerprint density at radius 2 is 1.90 bits per heavy atom. The summed E-state index contributed by atoms with van der Waals surface area (Å²) in [6.45, 7) is -6.11. The number of rotatable bonds is 5. The lowest BCUT2D eigenvalue weighted by atomic mass is 9.72. The number of likely N-dealkylation sites (N-methyl/N-ethyl adjacent to an activating group) is 1. The molecule has 0 saturated heterocycles. The molecule has 0 spiro atoms. The van der Waals surface area contributed by atoms with Gasteiger partial charge in [0.25, 0.3) is 0 Å². The van der Waals surface area contributed by atoms with E-state index in [0.29, 0.717) is 23.3 Å². The highest BCUT2D eigenvalue weighted by molar-refractivity contribution is 5.85. The van der Waals surface area contributed by atoms with Crippen LogP contribution in [0, 0.1) is 0 Å². The Kier molecular flexibility index (Phi) is 3.34. The number of nitrogens with zero attached hydrogens (tertiary/aromatic N) is 1. The molecule has 1 saturated carbocycles. The average molecular weight is 323 g/mol. The van der Waals surface area contributed by atoms with Crippen molar-refractivity contribution < 1.29 is 22.2 Å². The van der Waals surface area contributed by atoms with Crippen LogP contribution in [0.2, 0.25) is 0 Å². The van der Waals surface area contributed by atoms with E-state index < -0.39 is 32.5 Å². The van der Waals surface area contributed by atoms with Crippen molar-refractivity contribution in [2.45, 2.75) is 43.6 Å². The number of hydrogen-bond donors (Lipinski definition) is 1. The molecule has 2 rings (SSSR count). The highest BCUT2D eigenvalue weighted by atomic mass is 35.5. The van der Waals surface area contributed by atoms with Crippen LogP contribution in [-0.4, -0.2) is 43.1 Å². The standard InChI is InChI=1S/C17H27NO2.ClH/c1-18(2)13-16(17(19)11-5-4-6-12-17)14-7-9-15(20-3)10-8-14;/h7-10,16,19H,4-6,11-13H2,1-3H3;1H/t16-;/m1./s1/i1D3,2D3,3D3;. The molecule has 0 bridgehead atoms. The first-order valence-electron chi connectivity index (χ1n) is 11.4. The second-order valence-electron chi connectivity index (χ2n) is 5.50. The van der Waals surface area contributed by atoms with Crippen molar-refractivity contribution in [3.8, 4) is 5.75 Å². The summed E-state index contributed by atoms with van der Waals surface area (Å²) < 4.78 is 72.2. The molecule has 1 aliphatic carbocycles. The van der Waals surface area contributed by atoms with E-state index in [4.69, 9.17) is 17.1 Å². The summed E-state index contributed by atoms with van der Waals surface area (Å²) >= 11 is 0. The van der Waals surface area contributed by atoms with Crippen LogP contribution in [0.4, 0.5) is 0 Å². The van der Waals surface area contributed by atoms with E-state index in [0.717, 1.165) is 19.3 Å². The Morgan fingerprint density at radius 3 is 2.48 bits per heavy atom. The van der Waals surface area contributed by atoms with Gasteiger partial charge in [-0.25, -0.2) is 0 Å². The molecule has 21 heavy (non-hydrogen) atoms. The van der Waals surface area contributed by atoms with Crippen LogP contribution in [0.5, 0.6) is 5.75 Å². The van der Waals surface area contributed by atoms with Gasteiger partial charge in [0, 0.05) is 20.7 Å². The summed E-state index contributed by atoms with van der Waals surface area (Å²) in [4.78, 5) is 0.462. The van der Waals surface area contributed by atoms with E-state index in [1.54, 1.807) is 12.1 Å². The second kappa shape index (κ2) is 8.02. The van der Waals surface area contributed by atoms with Crippen molar-refractivity contribution in [3.05, 3.63) is 29.8 Å². The Labute approximate surface area is 147 Å². The molecule has 0 aromatic heterocycles. The highest BCUT2D eigenvalue weighted by Gasteiger charge is 2.38. The lowest BCUT2D eigenvalue weighted by Gasteiger charge is -2.40. The van der Waals surface area contributed by atoms with Crippen molar-refractivity contribution in [1.29, 1.82) is 0 Å². The van der Waals surface area contributed by atoms with Crippen LogP contribution in [0.25, 0.3) is 0 Å². The minimum atomic E-state index is -2.86. The third kappa shape index (κ3) is 4.60.